The van der Waals surface area contributed by atoms with Crippen molar-refractivity contribution < 1.29 is 26.4 Å². The predicted molar refractivity (Wildman–Crippen MR) is 80.9 cm³/mol. The third-order valence-electron chi connectivity index (χ3n) is 3.37. The Balaban J connectivity index is 2.08. The Bertz CT molecular complexity index is 814. The van der Waals surface area contributed by atoms with Gasteiger partial charge in [-0.25, -0.2) is 12.4 Å². The van der Waals surface area contributed by atoms with Crippen molar-refractivity contribution in [3.8, 4) is 0 Å². The maximum atomic E-state index is 12.4. The van der Waals surface area contributed by atoms with Crippen molar-refractivity contribution in [1.29, 1.82) is 0 Å². The van der Waals surface area contributed by atoms with E-state index in [4.69, 9.17) is 0 Å². The number of rotatable bonds is 5. The second-order valence-corrected chi connectivity index (χ2v) is 6.99. The highest BCUT2D eigenvalue weighted by molar-refractivity contribution is 7.90. The average molecular weight is 360 g/mol. The summed E-state index contributed by atoms with van der Waals surface area (Å²) in [6.45, 7) is -0.173. The summed E-state index contributed by atoms with van der Waals surface area (Å²) in [6.07, 6.45) is -2.16. The SMILES string of the molecule is CN(CCc1ccn(S(=O)(=O)c2ccccc2)c1)C(=O)C(F)(F)F. The van der Waals surface area contributed by atoms with Crippen LogP contribution in [0, 0.1) is 0 Å². The minimum Gasteiger partial charge on any atom is -0.338 e. The van der Waals surface area contributed by atoms with Crippen molar-refractivity contribution in [2.45, 2.75) is 17.5 Å². The highest BCUT2D eigenvalue weighted by atomic mass is 32.2. The van der Waals surface area contributed by atoms with Gasteiger partial charge >= 0.3 is 12.1 Å². The van der Waals surface area contributed by atoms with Crippen LogP contribution in [0.3, 0.4) is 0 Å². The van der Waals surface area contributed by atoms with Crippen LogP contribution in [0.5, 0.6) is 0 Å². The number of halogens is 3. The quantitative estimate of drug-likeness (QED) is 0.822. The van der Waals surface area contributed by atoms with Gasteiger partial charge in [0.15, 0.2) is 0 Å². The van der Waals surface area contributed by atoms with Gasteiger partial charge in [-0.05, 0) is 30.2 Å². The van der Waals surface area contributed by atoms with Gasteiger partial charge in [0.25, 0.3) is 10.0 Å². The Morgan fingerprint density at radius 3 is 2.38 bits per heavy atom. The molecule has 0 bridgehead atoms. The van der Waals surface area contributed by atoms with E-state index in [1.165, 1.54) is 30.6 Å². The fourth-order valence-corrected chi connectivity index (χ4v) is 3.28. The van der Waals surface area contributed by atoms with Crippen LogP contribution in [0.2, 0.25) is 0 Å². The summed E-state index contributed by atoms with van der Waals surface area (Å²) in [4.78, 5) is 11.7. The van der Waals surface area contributed by atoms with Gasteiger partial charge in [-0.2, -0.15) is 13.2 Å². The summed E-state index contributed by atoms with van der Waals surface area (Å²) in [5, 5.41) is 0. The zero-order valence-corrected chi connectivity index (χ0v) is 13.5. The molecule has 0 aliphatic carbocycles. The Labute approximate surface area is 137 Å². The van der Waals surface area contributed by atoms with Crippen LogP contribution in [-0.4, -0.2) is 43.0 Å². The van der Waals surface area contributed by atoms with E-state index in [0.717, 1.165) is 11.0 Å². The predicted octanol–water partition coefficient (Wildman–Crippen LogP) is 2.29. The number of nitrogens with zero attached hydrogens (tertiary/aromatic N) is 2. The number of aromatic nitrogens is 1. The van der Waals surface area contributed by atoms with E-state index < -0.39 is 22.1 Å². The maximum absolute atomic E-state index is 12.4. The van der Waals surface area contributed by atoms with Crippen LogP contribution in [0.1, 0.15) is 5.56 Å². The highest BCUT2D eigenvalue weighted by Crippen LogP contribution is 2.18. The van der Waals surface area contributed by atoms with Crippen molar-refractivity contribution in [2.24, 2.45) is 0 Å². The lowest BCUT2D eigenvalue weighted by molar-refractivity contribution is -0.184. The first kappa shape index (κ1) is 18.1. The molecule has 2 rings (SSSR count). The number of hydrogen-bond donors (Lipinski definition) is 0. The molecule has 0 saturated heterocycles. The van der Waals surface area contributed by atoms with E-state index in [2.05, 4.69) is 0 Å². The molecule has 0 radical (unpaired) electrons. The number of carbonyl (C=O) groups excluding carboxylic acids is 1. The van der Waals surface area contributed by atoms with Crippen molar-refractivity contribution in [3.05, 3.63) is 54.4 Å². The number of amides is 1. The number of likely N-dealkylation sites (N-methyl/N-ethyl adjacent to an activating group) is 1. The van der Waals surface area contributed by atoms with E-state index in [9.17, 15) is 26.4 Å². The van der Waals surface area contributed by atoms with Crippen LogP contribution >= 0.6 is 0 Å². The monoisotopic (exact) mass is 360 g/mol. The van der Waals surface area contributed by atoms with Crippen LogP contribution < -0.4 is 0 Å². The van der Waals surface area contributed by atoms with Crippen molar-refractivity contribution in [1.82, 2.24) is 8.87 Å². The number of benzene rings is 1. The van der Waals surface area contributed by atoms with Gasteiger partial charge in [-0.1, -0.05) is 18.2 Å². The lowest BCUT2D eigenvalue weighted by Crippen LogP contribution is -2.39. The van der Waals surface area contributed by atoms with Crippen LogP contribution in [0.25, 0.3) is 0 Å². The molecule has 130 valence electrons. The van der Waals surface area contributed by atoms with Gasteiger partial charge in [-0.3, -0.25) is 4.79 Å². The molecule has 2 aromatic rings. The Hall–Kier alpha value is -2.29. The zero-order valence-electron chi connectivity index (χ0n) is 12.7. The summed E-state index contributed by atoms with van der Waals surface area (Å²) in [7, 11) is -2.69. The molecule has 0 aliphatic rings. The molecular formula is C15H15F3N2O3S. The maximum Gasteiger partial charge on any atom is 0.471 e. The van der Waals surface area contributed by atoms with E-state index in [-0.39, 0.29) is 17.9 Å². The van der Waals surface area contributed by atoms with Gasteiger partial charge < -0.3 is 4.90 Å². The average Bonchev–Trinajstić information content (AvgIpc) is 3.01. The lowest BCUT2D eigenvalue weighted by Gasteiger charge is -2.18. The number of alkyl halides is 3. The topological polar surface area (TPSA) is 59.4 Å². The molecule has 0 atom stereocenters. The fourth-order valence-electron chi connectivity index (χ4n) is 2.05. The summed E-state index contributed by atoms with van der Waals surface area (Å²) in [5.41, 5.74) is 0.510. The third-order valence-corrected chi connectivity index (χ3v) is 5.02. The Morgan fingerprint density at radius 2 is 1.79 bits per heavy atom. The first-order valence-corrected chi connectivity index (χ1v) is 8.36. The van der Waals surface area contributed by atoms with E-state index in [1.807, 2.05) is 0 Å². The molecular weight excluding hydrogens is 345 g/mol. The largest absolute Gasteiger partial charge is 0.471 e. The summed E-state index contributed by atoms with van der Waals surface area (Å²) in [5.74, 6) is -1.93. The van der Waals surface area contributed by atoms with E-state index >= 15 is 0 Å². The summed E-state index contributed by atoms with van der Waals surface area (Å²) in [6, 6.07) is 9.26. The fraction of sp³-hybridized carbons (Fsp3) is 0.267. The molecule has 0 saturated carbocycles. The molecule has 0 spiro atoms. The zero-order chi connectivity index (χ0) is 18.0. The van der Waals surface area contributed by atoms with Crippen molar-refractivity contribution >= 4 is 15.9 Å². The molecule has 1 aromatic heterocycles. The molecule has 1 amide bonds. The highest BCUT2D eigenvalue weighted by Gasteiger charge is 2.40. The van der Waals surface area contributed by atoms with Gasteiger partial charge in [0.2, 0.25) is 0 Å². The molecule has 0 N–H and O–H groups in total. The second kappa shape index (κ2) is 6.68. The number of carbonyl (C=O) groups is 1. The lowest BCUT2D eigenvalue weighted by atomic mass is 10.2. The van der Waals surface area contributed by atoms with Crippen LogP contribution in [-0.2, 0) is 21.2 Å². The molecule has 1 heterocycles. The second-order valence-electron chi connectivity index (χ2n) is 5.14. The smallest absolute Gasteiger partial charge is 0.338 e. The molecule has 0 fully saturated rings. The van der Waals surface area contributed by atoms with Gasteiger partial charge in [0.05, 0.1) is 4.90 Å². The van der Waals surface area contributed by atoms with Crippen molar-refractivity contribution in [2.75, 3.05) is 13.6 Å². The standard InChI is InChI=1S/C15H15F3N2O3S/c1-19(14(21)15(16,17)18)9-7-12-8-10-20(11-12)24(22,23)13-5-3-2-4-6-13/h2-6,8,10-11H,7,9H2,1H3. The van der Waals surface area contributed by atoms with Crippen LogP contribution in [0.4, 0.5) is 13.2 Å². The van der Waals surface area contributed by atoms with Gasteiger partial charge in [0.1, 0.15) is 0 Å². The van der Waals surface area contributed by atoms with E-state index in [1.54, 1.807) is 18.2 Å². The third kappa shape index (κ3) is 3.97. The molecule has 24 heavy (non-hydrogen) atoms. The molecule has 1 aromatic carbocycles. The molecule has 5 nitrogen and oxygen atoms in total. The molecule has 9 heteroatoms. The normalized spacial score (nSPS) is 12.2. The minimum absolute atomic E-state index is 0.107. The minimum atomic E-state index is -4.92. The first-order chi connectivity index (χ1) is 11.1. The van der Waals surface area contributed by atoms with Gasteiger partial charge in [0, 0.05) is 26.0 Å². The number of hydrogen-bond acceptors (Lipinski definition) is 3. The Kier molecular flexibility index (Phi) is 5.02. The first-order valence-electron chi connectivity index (χ1n) is 6.92. The molecule has 0 aliphatic heterocycles. The molecule has 0 unspecified atom stereocenters. The summed E-state index contributed by atoms with van der Waals surface area (Å²) >= 11 is 0. The van der Waals surface area contributed by atoms with Gasteiger partial charge in [-0.15, -0.1) is 0 Å². The van der Waals surface area contributed by atoms with Crippen LogP contribution in [0.15, 0.2) is 53.7 Å². The van der Waals surface area contributed by atoms with E-state index in [0.29, 0.717) is 10.5 Å². The Morgan fingerprint density at radius 1 is 1.17 bits per heavy atom. The van der Waals surface area contributed by atoms with Crippen molar-refractivity contribution in [3.63, 3.8) is 0 Å². The summed E-state index contributed by atoms with van der Waals surface area (Å²) < 4.78 is 62.6.